The number of hydrogen-bond donors (Lipinski definition) is 2. The number of nitrogens with zero attached hydrogens (tertiary/aromatic N) is 4. The number of aryl methyl sites for hydroxylation is 1. The second-order valence-electron chi connectivity index (χ2n) is 6.99. The summed E-state index contributed by atoms with van der Waals surface area (Å²) in [5.74, 6) is 1.43. The average molecular weight is 377 g/mol. The van der Waals surface area contributed by atoms with E-state index in [9.17, 15) is 4.79 Å². The Hall–Kier alpha value is -1.99. The van der Waals surface area contributed by atoms with Crippen molar-refractivity contribution in [3.63, 3.8) is 0 Å². The van der Waals surface area contributed by atoms with Gasteiger partial charge in [0, 0.05) is 23.8 Å². The Bertz CT molecular complexity index is 750. The summed E-state index contributed by atoms with van der Waals surface area (Å²) in [4.78, 5) is 12.7. The van der Waals surface area contributed by atoms with Crippen molar-refractivity contribution in [2.45, 2.75) is 57.7 Å². The van der Waals surface area contributed by atoms with E-state index in [1.165, 1.54) is 25.7 Å². The molecule has 2 fully saturated rings. The highest BCUT2D eigenvalue weighted by atomic mass is 35.5. The number of rotatable bonds is 4. The molecule has 0 spiro atoms. The average Bonchev–Trinajstić information content (AvgIpc) is 3.28. The highest BCUT2D eigenvalue weighted by Gasteiger charge is 2.38. The second kappa shape index (κ2) is 8.14. The van der Waals surface area contributed by atoms with Gasteiger partial charge in [-0.2, -0.15) is 0 Å². The minimum Gasteiger partial charge on any atom is -0.325 e. The number of benzene rings is 1. The molecule has 0 radical (unpaired) electrons. The lowest BCUT2D eigenvalue weighted by Crippen LogP contribution is -2.39. The first-order chi connectivity index (χ1) is 12.2. The largest absolute Gasteiger partial charge is 0.325 e. The first kappa shape index (κ1) is 18.8. The van der Waals surface area contributed by atoms with Crippen LogP contribution in [0.15, 0.2) is 24.3 Å². The van der Waals surface area contributed by atoms with Gasteiger partial charge in [-0.15, -0.1) is 17.5 Å². The second-order valence-corrected chi connectivity index (χ2v) is 6.99. The predicted octanol–water partition coefficient (Wildman–Crippen LogP) is 2.64. The monoisotopic (exact) mass is 376 g/mol. The number of aromatic nitrogens is 4. The molecule has 1 aromatic carbocycles. The third-order valence-electron chi connectivity index (χ3n) is 5.40. The van der Waals surface area contributed by atoms with Crippen LogP contribution < -0.4 is 10.6 Å². The minimum atomic E-state index is -0.0854. The molecular weight excluding hydrogens is 352 g/mol. The molecule has 1 aromatic heterocycles. The molecule has 1 saturated carbocycles. The molecular formula is C18H25ClN6O. The Kier molecular flexibility index (Phi) is 5.88. The quantitative estimate of drug-likeness (QED) is 0.856. The van der Waals surface area contributed by atoms with Crippen LogP contribution in [-0.2, 0) is 11.3 Å². The van der Waals surface area contributed by atoms with E-state index < -0.39 is 0 Å². The zero-order valence-corrected chi connectivity index (χ0v) is 15.7. The maximum atomic E-state index is 12.7. The number of hydrogen-bond acceptors (Lipinski definition) is 5. The molecule has 140 valence electrons. The summed E-state index contributed by atoms with van der Waals surface area (Å²) in [6.45, 7) is 2.70. The van der Waals surface area contributed by atoms with E-state index in [0.717, 1.165) is 17.7 Å². The SMILES string of the molecule is CCn1nnnc1-c1cccc(NC(=O)C2CC3CCCCC3N2)c1.Cl. The molecule has 2 aliphatic rings. The number of amides is 1. The zero-order valence-electron chi connectivity index (χ0n) is 14.9. The van der Waals surface area contributed by atoms with Crippen LogP contribution in [0.2, 0.25) is 0 Å². The number of anilines is 1. The van der Waals surface area contributed by atoms with Gasteiger partial charge in [0.1, 0.15) is 0 Å². The molecule has 1 aliphatic heterocycles. The summed E-state index contributed by atoms with van der Waals surface area (Å²) in [5, 5.41) is 18.4. The number of carbonyl (C=O) groups is 1. The lowest BCUT2D eigenvalue weighted by molar-refractivity contribution is -0.117. The van der Waals surface area contributed by atoms with E-state index in [1.807, 2.05) is 31.2 Å². The molecule has 4 rings (SSSR count). The molecule has 26 heavy (non-hydrogen) atoms. The molecule has 2 heterocycles. The smallest absolute Gasteiger partial charge is 0.241 e. The van der Waals surface area contributed by atoms with Gasteiger partial charge < -0.3 is 10.6 Å². The Morgan fingerprint density at radius 1 is 1.35 bits per heavy atom. The zero-order chi connectivity index (χ0) is 17.2. The fraction of sp³-hybridized carbons (Fsp3) is 0.556. The van der Waals surface area contributed by atoms with Crippen molar-refractivity contribution < 1.29 is 4.79 Å². The van der Waals surface area contributed by atoms with E-state index in [1.54, 1.807) is 4.68 Å². The highest BCUT2D eigenvalue weighted by molar-refractivity contribution is 5.95. The van der Waals surface area contributed by atoms with Gasteiger partial charge in [-0.05, 0) is 54.7 Å². The Labute approximate surface area is 159 Å². The fourth-order valence-electron chi connectivity index (χ4n) is 4.11. The van der Waals surface area contributed by atoms with Crippen LogP contribution in [0.1, 0.15) is 39.0 Å². The van der Waals surface area contributed by atoms with Crippen molar-refractivity contribution in [1.82, 2.24) is 25.5 Å². The van der Waals surface area contributed by atoms with Crippen LogP contribution in [0.5, 0.6) is 0 Å². The summed E-state index contributed by atoms with van der Waals surface area (Å²) < 4.78 is 1.74. The first-order valence-corrected chi connectivity index (χ1v) is 9.18. The van der Waals surface area contributed by atoms with Crippen molar-refractivity contribution in [2.24, 2.45) is 5.92 Å². The Morgan fingerprint density at radius 2 is 2.19 bits per heavy atom. The van der Waals surface area contributed by atoms with Gasteiger partial charge in [0.15, 0.2) is 5.82 Å². The van der Waals surface area contributed by atoms with Crippen molar-refractivity contribution in [3.8, 4) is 11.4 Å². The third-order valence-corrected chi connectivity index (χ3v) is 5.40. The van der Waals surface area contributed by atoms with Crippen LogP contribution in [0.4, 0.5) is 5.69 Å². The lowest BCUT2D eigenvalue weighted by Gasteiger charge is -2.24. The topological polar surface area (TPSA) is 84.7 Å². The van der Waals surface area contributed by atoms with Crippen molar-refractivity contribution in [1.29, 1.82) is 0 Å². The van der Waals surface area contributed by atoms with Crippen molar-refractivity contribution >= 4 is 24.0 Å². The van der Waals surface area contributed by atoms with Gasteiger partial charge in [-0.1, -0.05) is 25.0 Å². The van der Waals surface area contributed by atoms with Gasteiger partial charge in [0.2, 0.25) is 5.91 Å². The summed E-state index contributed by atoms with van der Waals surface area (Å²) in [6.07, 6.45) is 5.96. The van der Waals surface area contributed by atoms with Gasteiger partial charge in [0.05, 0.1) is 6.04 Å². The maximum absolute atomic E-state index is 12.7. The number of carbonyl (C=O) groups excluding carboxylic acids is 1. The lowest BCUT2D eigenvalue weighted by atomic mass is 9.85. The number of halogens is 1. The van der Waals surface area contributed by atoms with Crippen LogP contribution in [-0.4, -0.2) is 38.2 Å². The molecule has 2 N–H and O–H groups in total. The van der Waals surface area contributed by atoms with Gasteiger partial charge in [-0.25, -0.2) is 4.68 Å². The fourth-order valence-corrected chi connectivity index (χ4v) is 4.11. The van der Waals surface area contributed by atoms with Gasteiger partial charge in [-0.3, -0.25) is 4.79 Å². The molecule has 7 nitrogen and oxygen atoms in total. The first-order valence-electron chi connectivity index (χ1n) is 9.18. The summed E-state index contributed by atoms with van der Waals surface area (Å²) in [5.41, 5.74) is 1.68. The summed E-state index contributed by atoms with van der Waals surface area (Å²) in [6, 6.07) is 8.14. The normalized spacial score (nSPS) is 24.6. The van der Waals surface area contributed by atoms with E-state index in [2.05, 4.69) is 26.2 Å². The summed E-state index contributed by atoms with van der Waals surface area (Å²) in [7, 11) is 0. The van der Waals surface area contributed by atoms with E-state index in [-0.39, 0.29) is 24.4 Å². The molecule has 1 saturated heterocycles. The number of fused-ring (bicyclic) bond motifs is 1. The Balaban J connectivity index is 0.00000196. The Morgan fingerprint density at radius 3 is 3.00 bits per heavy atom. The van der Waals surface area contributed by atoms with Crippen molar-refractivity contribution in [3.05, 3.63) is 24.3 Å². The number of tetrazole rings is 1. The summed E-state index contributed by atoms with van der Waals surface area (Å²) >= 11 is 0. The van der Waals surface area contributed by atoms with Gasteiger partial charge >= 0.3 is 0 Å². The third kappa shape index (κ3) is 3.73. The van der Waals surface area contributed by atoms with E-state index >= 15 is 0 Å². The highest BCUT2D eigenvalue weighted by Crippen LogP contribution is 2.33. The van der Waals surface area contributed by atoms with Crippen LogP contribution >= 0.6 is 12.4 Å². The molecule has 2 aromatic rings. The molecule has 3 atom stereocenters. The molecule has 0 bridgehead atoms. The van der Waals surface area contributed by atoms with E-state index in [4.69, 9.17) is 0 Å². The molecule has 8 heteroatoms. The standard InChI is InChI=1S/C18H24N6O.ClH/c1-2-24-17(21-22-23-24)13-7-5-8-14(10-13)19-18(25)16-11-12-6-3-4-9-15(12)20-16;/h5,7-8,10,12,15-16,20H,2-4,6,9,11H2,1H3,(H,19,25);1H. The van der Waals surface area contributed by atoms with Gasteiger partial charge in [0.25, 0.3) is 0 Å². The van der Waals surface area contributed by atoms with Crippen LogP contribution in [0, 0.1) is 5.92 Å². The van der Waals surface area contributed by atoms with Crippen molar-refractivity contribution in [2.75, 3.05) is 5.32 Å². The molecule has 3 unspecified atom stereocenters. The minimum absolute atomic E-state index is 0. The predicted molar refractivity (Wildman–Crippen MR) is 102 cm³/mol. The molecule has 1 amide bonds. The van der Waals surface area contributed by atoms with Crippen LogP contribution in [0.25, 0.3) is 11.4 Å². The van der Waals surface area contributed by atoms with Crippen LogP contribution in [0.3, 0.4) is 0 Å². The number of nitrogens with one attached hydrogen (secondary N) is 2. The molecule has 1 aliphatic carbocycles. The van der Waals surface area contributed by atoms with E-state index in [0.29, 0.717) is 24.3 Å². The maximum Gasteiger partial charge on any atom is 0.241 e.